The number of nitrogens with one attached hydrogen (secondary N) is 2. The smallest absolute Gasteiger partial charge is 0.229 e. The molecule has 2 aliphatic rings. The molecule has 1 saturated heterocycles. The number of piperidine rings is 1. The summed E-state index contributed by atoms with van der Waals surface area (Å²) in [6, 6.07) is 7.38. The number of rotatable bonds is 8. The first-order valence-corrected chi connectivity index (χ1v) is 9.82. The lowest BCUT2D eigenvalue weighted by Crippen LogP contribution is -2.28. The largest absolute Gasteiger partial charge is 0.485 e. The first kappa shape index (κ1) is 20.6. The predicted octanol–water partition coefficient (Wildman–Crippen LogP) is 3.67. The van der Waals surface area contributed by atoms with Crippen molar-refractivity contribution in [3.05, 3.63) is 36.0 Å². The molecule has 2 N–H and O–H groups in total. The van der Waals surface area contributed by atoms with Crippen LogP contribution in [0.3, 0.4) is 0 Å². The first-order chi connectivity index (χ1) is 13.3. The van der Waals surface area contributed by atoms with Crippen molar-refractivity contribution in [2.45, 2.75) is 51.0 Å². The van der Waals surface area contributed by atoms with Crippen LogP contribution in [-0.2, 0) is 11.4 Å². The van der Waals surface area contributed by atoms with E-state index in [1.165, 1.54) is 12.8 Å². The second-order valence-electron chi connectivity index (χ2n) is 7.42. The van der Waals surface area contributed by atoms with Gasteiger partial charge < -0.3 is 19.9 Å². The Hall–Kier alpha value is -2.12. The second-order valence-corrected chi connectivity index (χ2v) is 7.42. The molecule has 2 fully saturated rings. The minimum Gasteiger partial charge on any atom is -0.485 e. The standard InChI is InChI=1S/C20H26N4O3.ClH/c25-19(8-1-14-9-11-21-12-10-14)22-16-4-6-17(7-5-16)26-13-18-23-20(27-24-18)15-2-3-15;/h4-7,14-15,21H,1-3,8-13H2,(H,22,25);1H. The lowest BCUT2D eigenvalue weighted by molar-refractivity contribution is -0.116. The van der Waals surface area contributed by atoms with Gasteiger partial charge in [0.25, 0.3) is 0 Å². The minimum absolute atomic E-state index is 0. The molecule has 4 rings (SSSR count). The Balaban J connectivity index is 0.00000225. The van der Waals surface area contributed by atoms with Gasteiger partial charge in [0.05, 0.1) is 0 Å². The number of halogens is 1. The van der Waals surface area contributed by atoms with Gasteiger partial charge in [-0.2, -0.15) is 4.98 Å². The summed E-state index contributed by atoms with van der Waals surface area (Å²) in [4.78, 5) is 16.5. The molecule has 1 aromatic carbocycles. The van der Waals surface area contributed by atoms with Gasteiger partial charge >= 0.3 is 0 Å². The molecule has 1 saturated carbocycles. The van der Waals surface area contributed by atoms with Crippen LogP contribution in [0.25, 0.3) is 0 Å². The normalized spacial score (nSPS) is 17.0. The Morgan fingerprint density at radius 2 is 1.93 bits per heavy atom. The zero-order chi connectivity index (χ0) is 18.5. The van der Waals surface area contributed by atoms with Gasteiger partial charge in [0.15, 0.2) is 6.61 Å². The van der Waals surface area contributed by atoms with Crippen LogP contribution >= 0.6 is 12.4 Å². The molecule has 152 valence electrons. The number of carbonyl (C=O) groups is 1. The molecule has 1 aliphatic heterocycles. The number of nitrogens with zero attached hydrogens (tertiary/aromatic N) is 2. The van der Waals surface area contributed by atoms with Crippen LogP contribution in [0.2, 0.25) is 0 Å². The molecule has 0 atom stereocenters. The Kier molecular flexibility index (Phi) is 7.28. The molecule has 2 aromatic rings. The fraction of sp³-hybridized carbons (Fsp3) is 0.550. The van der Waals surface area contributed by atoms with Gasteiger partial charge in [0, 0.05) is 18.0 Å². The number of hydrogen-bond donors (Lipinski definition) is 2. The third-order valence-corrected chi connectivity index (χ3v) is 5.15. The van der Waals surface area contributed by atoms with Crippen LogP contribution < -0.4 is 15.4 Å². The summed E-state index contributed by atoms with van der Waals surface area (Å²) in [6.07, 6.45) is 6.14. The number of ether oxygens (including phenoxy) is 1. The average molecular weight is 407 g/mol. The highest BCUT2D eigenvalue weighted by Crippen LogP contribution is 2.38. The van der Waals surface area contributed by atoms with Crippen LogP contribution in [0.5, 0.6) is 5.75 Å². The van der Waals surface area contributed by atoms with E-state index in [4.69, 9.17) is 9.26 Å². The van der Waals surface area contributed by atoms with E-state index in [0.717, 1.165) is 43.9 Å². The number of anilines is 1. The summed E-state index contributed by atoms with van der Waals surface area (Å²) in [5, 5.41) is 10.2. The summed E-state index contributed by atoms with van der Waals surface area (Å²) in [7, 11) is 0. The quantitative estimate of drug-likeness (QED) is 0.695. The van der Waals surface area contributed by atoms with Gasteiger partial charge in [-0.1, -0.05) is 5.16 Å². The molecule has 1 aliphatic carbocycles. The third-order valence-electron chi connectivity index (χ3n) is 5.15. The predicted molar refractivity (Wildman–Crippen MR) is 108 cm³/mol. The maximum atomic E-state index is 12.1. The Bertz CT molecular complexity index is 755. The Morgan fingerprint density at radius 3 is 2.64 bits per heavy atom. The minimum atomic E-state index is 0. The van der Waals surface area contributed by atoms with Crippen molar-refractivity contribution < 1.29 is 14.1 Å². The van der Waals surface area contributed by atoms with Gasteiger partial charge in [-0.15, -0.1) is 12.4 Å². The fourth-order valence-electron chi connectivity index (χ4n) is 3.33. The van der Waals surface area contributed by atoms with Crippen LogP contribution in [0.15, 0.2) is 28.8 Å². The number of carbonyl (C=O) groups excluding carboxylic acids is 1. The van der Waals surface area contributed by atoms with Gasteiger partial charge in [-0.3, -0.25) is 4.79 Å². The topological polar surface area (TPSA) is 89.3 Å². The molecule has 0 bridgehead atoms. The first-order valence-electron chi connectivity index (χ1n) is 9.82. The molecule has 0 unspecified atom stereocenters. The molecule has 8 heteroatoms. The maximum Gasteiger partial charge on any atom is 0.229 e. The zero-order valence-corrected chi connectivity index (χ0v) is 16.7. The maximum absolute atomic E-state index is 12.1. The number of hydrogen-bond acceptors (Lipinski definition) is 6. The molecule has 1 amide bonds. The summed E-state index contributed by atoms with van der Waals surface area (Å²) >= 11 is 0. The molecule has 2 heterocycles. The van der Waals surface area contributed by atoms with Gasteiger partial charge in [-0.05, 0) is 75.4 Å². The molecule has 7 nitrogen and oxygen atoms in total. The van der Waals surface area contributed by atoms with Crippen molar-refractivity contribution in [3.63, 3.8) is 0 Å². The highest BCUT2D eigenvalue weighted by atomic mass is 35.5. The number of amides is 1. The van der Waals surface area contributed by atoms with Crippen molar-refractivity contribution in [1.29, 1.82) is 0 Å². The highest BCUT2D eigenvalue weighted by Gasteiger charge is 2.29. The van der Waals surface area contributed by atoms with E-state index in [2.05, 4.69) is 20.8 Å². The lowest BCUT2D eigenvalue weighted by atomic mass is 9.93. The van der Waals surface area contributed by atoms with Crippen LogP contribution in [-0.4, -0.2) is 29.1 Å². The summed E-state index contributed by atoms with van der Waals surface area (Å²) in [5.74, 6) is 3.17. The molecular weight excluding hydrogens is 380 g/mol. The van der Waals surface area contributed by atoms with Gasteiger partial charge in [0.2, 0.25) is 17.6 Å². The summed E-state index contributed by atoms with van der Waals surface area (Å²) < 4.78 is 10.9. The van der Waals surface area contributed by atoms with E-state index in [1.807, 2.05) is 24.3 Å². The van der Waals surface area contributed by atoms with Crippen LogP contribution in [0.1, 0.15) is 56.2 Å². The molecule has 0 spiro atoms. The summed E-state index contributed by atoms with van der Waals surface area (Å²) in [6.45, 7) is 2.41. The van der Waals surface area contributed by atoms with E-state index in [1.54, 1.807) is 0 Å². The van der Waals surface area contributed by atoms with E-state index in [9.17, 15) is 4.79 Å². The SMILES string of the molecule is Cl.O=C(CCC1CCNCC1)Nc1ccc(OCc2noc(C3CC3)n2)cc1. The fourth-order valence-corrected chi connectivity index (χ4v) is 3.33. The van der Waals surface area contributed by atoms with E-state index < -0.39 is 0 Å². The monoisotopic (exact) mass is 406 g/mol. The molecule has 0 radical (unpaired) electrons. The average Bonchev–Trinajstić information content (AvgIpc) is 3.45. The van der Waals surface area contributed by atoms with E-state index in [0.29, 0.717) is 29.8 Å². The molecule has 28 heavy (non-hydrogen) atoms. The third kappa shape index (κ3) is 5.94. The van der Waals surface area contributed by atoms with Crippen LogP contribution in [0.4, 0.5) is 5.69 Å². The van der Waals surface area contributed by atoms with Gasteiger partial charge in [0.1, 0.15) is 5.75 Å². The lowest BCUT2D eigenvalue weighted by Gasteiger charge is -2.22. The number of benzene rings is 1. The van der Waals surface area contributed by atoms with Gasteiger partial charge in [-0.25, -0.2) is 0 Å². The highest BCUT2D eigenvalue weighted by molar-refractivity contribution is 5.90. The van der Waals surface area contributed by atoms with E-state index >= 15 is 0 Å². The molecule has 1 aromatic heterocycles. The zero-order valence-electron chi connectivity index (χ0n) is 15.9. The second kappa shape index (κ2) is 9.89. The van der Waals surface area contributed by atoms with Crippen molar-refractivity contribution >= 4 is 24.0 Å². The Labute approximate surface area is 171 Å². The van der Waals surface area contributed by atoms with Crippen molar-refractivity contribution in [2.75, 3.05) is 18.4 Å². The van der Waals surface area contributed by atoms with Crippen molar-refractivity contribution in [3.8, 4) is 5.75 Å². The Morgan fingerprint density at radius 1 is 1.18 bits per heavy atom. The van der Waals surface area contributed by atoms with Crippen molar-refractivity contribution in [1.82, 2.24) is 15.5 Å². The summed E-state index contributed by atoms with van der Waals surface area (Å²) in [5.41, 5.74) is 0.785. The number of aromatic nitrogens is 2. The van der Waals surface area contributed by atoms with E-state index in [-0.39, 0.29) is 24.9 Å². The van der Waals surface area contributed by atoms with Crippen LogP contribution in [0, 0.1) is 5.92 Å². The van der Waals surface area contributed by atoms with Crippen molar-refractivity contribution in [2.24, 2.45) is 5.92 Å². The molecular formula is C20H27ClN4O3.